The van der Waals surface area contributed by atoms with Gasteiger partial charge < -0.3 is 9.84 Å². The fraction of sp³-hybridized carbons (Fsp3) is 0.600. The summed E-state index contributed by atoms with van der Waals surface area (Å²) in [7, 11) is 0. The van der Waals surface area contributed by atoms with Gasteiger partial charge in [-0.25, -0.2) is 14.0 Å². The summed E-state index contributed by atoms with van der Waals surface area (Å²) in [6.07, 6.45) is -14.7. The molecule has 0 saturated carbocycles. The molecule has 0 amide bonds. The molecule has 0 aromatic rings. The molecule has 0 aromatic carbocycles. The lowest BCUT2D eigenvalue weighted by Gasteiger charge is -2.34. The van der Waals surface area contributed by atoms with Gasteiger partial charge in [0.05, 0.1) is 6.42 Å². The van der Waals surface area contributed by atoms with Crippen molar-refractivity contribution in [3.8, 4) is 0 Å². The maximum absolute atomic E-state index is 13.4. The average molecular weight is 344 g/mol. The molecule has 1 N–H and O–H groups in total. The molecule has 12 heteroatoms. The molecule has 0 aliphatic carbocycles. The van der Waals surface area contributed by atoms with Crippen LogP contribution < -0.4 is 0 Å². The Morgan fingerprint density at radius 2 is 1.45 bits per heavy atom. The third-order valence-electron chi connectivity index (χ3n) is 2.14. The molecule has 0 aliphatic heterocycles. The van der Waals surface area contributed by atoms with Crippen molar-refractivity contribution in [1.29, 1.82) is 0 Å². The maximum Gasteiger partial charge on any atom is 0.470 e. The van der Waals surface area contributed by atoms with Crippen LogP contribution in [0.5, 0.6) is 0 Å². The second-order valence-corrected chi connectivity index (χ2v) is 4.17. The maximum atomic E-state index is 13.4. The fourth-order valence-corrected chi connectivity index (χ4v) is 1.15. The molecular weight excluding hydrogens is 336 g/mol. The van der Waals surface area contributed by atoms with E-state index in [-0.39, 0.29) is 12.2 Å². The lowest BCUT2D eigenvalue weighted by molar-refractivity contribution is -0.368. The Morgan fingerprint density at radius 3 is 1.82 bits per heavy atom. The average Bonchev–Trinajstić information content (AvgIpc) is 2.21. The minimum Gasteiger partial charge on any atom is -0.478 e. The van der Waals surface area contributed by atoms with E-state index in [4.69, 9.17) is 5.11 Å². The summed E-state index contributed by atoms with van der Waals surface area (Å²) in [6.45, 7) is -0.435. The molecule has 128 valence electrons. The van der Waals surface area contributed by atoms with Crippen LogP contribution in [0, 0.1) is 0 Å². The van der Waals surface area contributed by atoms with E-state index >= 15 is 0 Å². The minimum atomic E-state index is -6.03. The first kappa shape index (κ1) is 20.1. The summed E-state index contributed by atoms with van der Waals surface area (Å²) >= 11 is 0. The van der Waals surface area contributed by atoms with Gasteiger partial charge in [0.1, 0.15) is 0 Å². The second kappa shape index (κ2) is 6.08. The van der Waals surface area contributed by atoms with Crippen molar-refractivity contribution in [2.75, 3.05) is 0 Å². The summed E-state index contributed by atoms with van der Waals surface area (Å²) in [5.74, 6) is -10.2. The highest BCUT2D eigenvalue weighted by Crippen LogP contribution is 2.49. The summed E-state index contributed by atoms with van der Waals surface area (Å²) in [5, 5.41) is 8.06. The van der Waals surface area contributed by atoms with Crippen molar-refractivity contribution in [3.63, 3.8) is 0 Å². The summed E-state index contributed by atoms with van der Waals surface area (Å²) in [6, 6.07) is 0. The standard InChI is InChI=1S/C10H8F8O4/c1-7(11,4-8(12,13)14)9(15,16)10(17,18)22-6(21)3-2-5(19)20/h2-3H,4H2,1H3,(H,19,20)/b3-2+. The fourth-order valence-electron chi connectivity index (χ4n) is 1.15. The van der Waals surface area contributed by atoms with Crippen LogP contribution in [0.3, 0.4) is 0 Å². The van der Waals surface area contributed by atoms with Crippen LogP contribution in [0.15, 0.2) is 12.2 Å². The zero-order valence-corrected chi connectivity index (χ0v) is 10.6. The first-order valence-corrected chi connectivity index (χ1v) is 5.17. The molecule has 0 spiro atoms. The SMILES string of the molecule is CC(F)(CC(F)(F)F)C(F)(F)C(F)(F)OC(=O)/C=C/C(=O)O. The molecule has 1 unspecified atom stereocenters. The molecule has 0 bridgehead atoms. The number of aliphatic carboxylic acids is 1. The van der Waals surface area contributed by atoms with E-state index in [1.165, 1.54) is 0 Å². The third-order valence-corrected chi connectivity index (χ3v) is 2.14. The van der Waals surface area contributed by atoms with Gasteiger partial charge >= 0.3 is 30.1 Å². The Bertz CT molecular complexity index is 466. The number of ether oxygens (including phenoxy) is 1. The van der Waals surface area contributed by atoms with Crippen LogP contribution >= 0.6 is 0 Å². The van der Waals surface area contributed by atoms with Crippen molar-refractivity contribution >= 4 is 11.9 Å². The number of rotatable bonds is 6. The van der Waals surface area contributed by atoms with E-state index in [9.17, 15) is 44.7 Å². The first-order chi connectivity index (χ1) is 9.52. The summed E-state index contributed by atoms with van der Waals surface area (Å²) in [4.78, 5) is 20.7. The number of halogens is 8. The van der Waals surface area contributed by atoms with Crippen LogP contribution in [0.4, 0.5) is 35.1 Å². The molecule has 0 fully saturated rings. The highest BCUT2D eigenvalue weighted by molar-refractivity contribution is 5.90. The monoisotopic (exact) mass is 344 g/mol. The normalized spacial score (nSPS) is 16.4. The van der Waals surface area contributed by atoms with Gasteiger partial charge in [-0.1, -0.05) is 0 Å². The van der Waals surface area contributed by atoms with Crippen molar-refractivity contribution in [1.82, 2.24) is 0 Å². The minimum absolute atomic E-state index is 0.0546. The zero-order valence-electron chi connectivity index (χ0n) is 10.6. The molecule has 0 aromatic heterocycles. The Balaban J connectivity index is 5.30. The van der Waals surface area contributed by atoms with E-state index in [0.717, 1.165) is 0 Å². The van der Waals surface area contributed by atoms with E-state index in [2.05, 4.69) is 4.74 Å². The van der Waals surface area contributed by atoms with Gasteiger partial charge in [-0.3, -0.25) is 0 Å². The number of carboxylic acids is 1. The molecule has 22 heavy (non-hydrogen) atoms. The van der Waals surface area contributed by atoms with E-state index < -0.39 is 49.2 Å². The molecule has 0 aliphatic rings. The number of alkyl halides is 8. The smallest absolute Gasteiger partial charge is 0.470 e. The Kier molecular flexibility index (Phi) is 5.56. The summed E-state index contributed by atoms with van der Waals surface area (Å²) in [5.41, 5.74) is -4.79. The second-order valence-electron chi connectivity index (χ2n) is 4.17. The van der Waals surface area contributed by atoms with Crippen LogP contribution in [0.25, 0.3) is 0 Å². The quantitative estimate of drug-likeness (QED) is 0.457. The van der Waals surface area contributed by atoms with Crippen molar-refractivity contribution in [2.24, 2.45) is 0 Å². The third kappa shape index (κ3) is 5.15. The van der Waals surface area contributed by atoms with Gasteiger partial charge in [-0.15, -0.1) is 0 Å². The number of carbonyl (C=O) groups excluding carboxylic acids is 1. The number of esters is 1. The Labute approximate surface area is 117 Å². The van der Waals surface area contributed by atoms with E-state index in [1.807, 2.05) is 0 Å². The highest BCUT2D eigenvalue weighted by Gasteiger charge is 2.72. The van der Waals surface area contributed by atoms with Gasteiger partial charge in [-0.05, 0) is 6.92 Å². The van der Waals surface area contributed by atoms with Crippen molar-refractivity contribution in [3.05, 3.63) is 12.2 Å². The largest absolute Gasteiger partial charge is 0.478 e. The van der Waals surface area contributed by atoms with Gasteiger partial charge in [0, 0.05) is 12.2 Å². The van der Waals surface area contributed by atoms with Gasteiger partial charge in [0.25, 0.3) is 0 Å². The van der Waals surface area contributed by atoms with Crippen LogP contribution in [-0.4, -0.2) is 40.9 Å². The van der Waals surface area contributed by atoms with Gasteiger partial charge in [-0.2, -0.15) is 30.7 Å². The number of carboxylic acid groups (broad SMARTS) is 1. The molecule has 0 heterocycles. The number of carbonyl (C=O) groups is 2. The predicted molar refractivity (Wildman–Crippen MR) is 52.9 cm³/mol. The highest BCUT2D eigenvalue weighted by atomic mass is 19.4. The van der Waals surface area contributed by atoms with E-state index in [0.29, 0.717) is 0 Å². The molecule has 4 nitrogen and oxygen atoms in total. The van der Waals surface area contributed by atoms with E-state index in [1.54, 1.807) is 0 Å². The topological polar surface area (TPSA) is 63.6 Å². The van der Waals surface area contributed by atoms with Gasteiger partial charge in [0.2, 0.25) is 0 Å². The molecule has 0 radical (unpaired) electrons. The molecule has 1 atom stereocenters. The van der Waals surface area contributed by atoms with Crippen molar-refractivity contribution < 1.29 is 54.6 Å². The molecule has 0 saturated heterocycles. The zero-order chi connectivity index (χ0) is 18.0. The Morgan fingerprint density at radius 1 is 1.00 bits per heavy atom. The lowest BCUT2D eigenvalue weighted by Crippen LogP contribution is -2.57. The molecule has 0 rings (SSSR count). The summed E-state index contributed by atoms with van der Waals surface area (Å²) < 4.78 is 105. The number of hydrogen-bond acceptors (Lipinski definition) is 3. The molecular formula is C10H8F8O4. The van der Waals surface area contributed by atoms with Crippen LogP contribution in [0.1, 0.15) is 13.3 Å². The number of hydrogen-bond donors (Lipinski definition) is 1. The van der Waals surface area contributed by atoms with Crippen LogP contribution in [-0.2, 0) is 14.3 Å². The first-order valence-electron chi connectivity index (χ1n) is 5.17. The predicted octanol–water partition coefficient (Wildman–Crippen LogP) is 3.08. The Hall–Kier alpha value is -1.88. The lowest BCUT2D eigenvalue weighted by atomic mass is 9.94. The van der Waals surface area contributed by atoms with Gasteiger partial charge in [0.15, 0.2) is 5.67 Å². The van der Waals surface area contributed by atoms with Crippen LogP contribution in [0.2, 0.25) is 0 Å². The van der Waals surface area contributed by atoms with Crippen molar-refractivity contribution in [2.45, 2.75) is 37.2 Å².